The Morgan fingerprint density at radius 3 is 2.31 bits per heavy atom. The van der Waals surface area contributed by atoms with Crippen molar-refractivity contribution in [2.24, 2.45) is 0 Å². The van der Waals surface area contributed by atoms with Gasteiger partial charge in [0.25, 0.3) is 5.91 Å². The molecule has 2 aromatic carbocycles. The summed E-state index contributed by atoms with van der Waals surface area (Å²) in [6, 6.07) is 21.2. The Balaban J connectivity index is 1.31. The Morgan fingerprint density at radius 1 is 0.897 bits per heavy atom. The summed E-state index contributed by atoms with van der Waals surface area (Å²) in [6.07, 6.45) is 0. The Bertz CT molecular complexity index is 956. The van der Waals surface area contributed by atoms with Gasteiger partial charge in [-0.3, -0.25) is 4.79 Å². The quantitative estimate of drug-likeness (QED) is 0.698. The van der Waals surface area contributed by atoms with E-state index >= 15 is 0 Å². The first kappa shape index (κ1) is 19.2. The maximum absolute atomic E-state index is 12.7. The number of benzene rings is 2. The number of hydrogen-bond donors (Lipinski definition) is 1. The predicted octanol–water partition coefficient (Wildman–Crippen LogP) is 3.70. The van der Waals surface area contributed by atoms with Crippen molar-refractivity contribution in [3.8, 4) is 0 Å². The van der Waals surface area contributed by atoms with Crippen LogP contribution in [0.4, 0.5) is 11.6 Å². The summed E-state index contributed by atoms with van der Waals surface area (Å²) in [6.45, 7) is 3.38. The standard InChI is InChI=1S/C22H22ClN5O/c23-19-9-5-4-8-18(19)22(29)28-14-12-27(13-15-28)21-11-10-20(25-26-21)24-16-17-6-2-1-3-7-17/h1-11H,12-16H2,(H,24,25). The molecule has 29 heavy (non-hydrogen) atoms. The molecule has 0 saturated carbocycles. The fraction of sp³-hybridized carbons (Fsp3) is 0.227. The minimum absolute atomic E-state index is 0.0261. The van der Waals surface area contributed by atoms with Gasteiger partial charge in [-0.15, -0.1) is 10.2 Å². The van der Waals surface area contributed by atoms with Crippen molar-refractivity contribution in [1.82, 2.24) is 15.1 Å². The van der Waals surface area contributed by atoms with Gasteiger partial charge in [-0.25, -0.2) is 0 Å². The topological polar surface area (TPSA) is 61.4 Å². The van der Waals surface area contributed by atoms with E-state index in [9.17, 15) is 4.79 Å². The van der Waals surface area contributed by atoms with Gasteiger partial charge in [-0.2, -0.15) is 0 Å². The van der Waals surface area contributed by atoms with E-state index < -0.39 is 0 Å². The van der Waals surface area contributed by atoms with Crippen LogP contribution in [0.5, 0.6) is 0 Å². The normalized spacial score (nSPS) is 14.0. The highest BCUT2D eigenvalue weighted by molar-refractivity contribution is 6.33. The lowest BCUT2D eigenvalue weighted by Gasteiger charge is -2.35. The van der Waals surface area contributed by atoms with Crippen LogP contribution in [0.25, 0.3) is 0 Å². The van der Waals surface area contributed by atoms with E-state index in [0.29, 0.717) is 43.3 Å². The van der Waals surface area contributed by atoms with E-state index in [1.165, 1.54) is 5.56 Å². The fourth-order valence-corrected chi connectivity index (χ4v) is 3.54. The molecule has 0 radical (unpaired) electrons. The third-order valence-electron chi connectivity index (χ3n) is 4.96. The largest absolute Gasteiger partial charge is 0.365 e. The van der Waals surface area contributed by atoms with E-state index in [4.69, 9.17) is 11.6 Å². The second kappa shape index (κ2) is 8.92. The second-order valence-corrected chi connectivity index (χ2v) is 7.28. The van der Waals surface area contributed by atoms with Gasteiger partial charge < -0.3 is 15.1 Å². The van der Waals surface area contributed by atoms with Gasteiger partial charge in [-0.05, 0) is 29.8 Å². The Labute approximate surface area is 175 Å². The first-order valence-electron chi connectivity index (χ1n) is 9.61. The molecule has 4 rings (SSSR count). The molecule has 0 atom stereocenters. The summed E-state index contributed by atoms with van der Waals surface area (Å²) in [5.74, 6) is 1.53. The minimum Gasteiger partial charge on any atom is -0.365 e. The maximum atomic E-state index is 12.7. The molecule has 2 heterocycles. The average Bonchev–Trinajstić information content (AvgIpc) is 2.79. The van der Waals surface area contributed by atoms with Gasteiger partial charge in [0.05, 0.1) is 10.6 Å². The van der Waals surface area contributed by atoms with Crippen molar-refractivity contribution in [3.63, 3.8) is 0 Å². The smallest absolute Gasteiger partial charge is 0.255 e. The molecule has 1 fully saturated rings. The summed E-state index contributed by atoms with van der Waals surface area (Å²) in [5, 5.41) is 12.4. The Kier molecular flexibility index (Phi) is 5.91. The van der Waals surface area contributed by atoms with Crippen molar-refractivity contribution in [2.45, 2.75) is 6.54 Å². The number of amides is 1. The van der Waals surface area contributed by atoms with Crippen molar-refractivity contribution in [3.05, 3.63) is 82.9 Å². The molecule has 148 valence electrons. The highest BCUT2D eigenvalue weighted by atomic mass is 35.5. The van der Waals surface area contributed by atoms with Gasteiger partial charge in [0.15, 0.2) is 5.82 Å². The summed E-state index contributed by atoms with van der Waals surface area (Å²) < 4.78 is 0. The number of anilines is 2. The van der Waals surface area contributed by atoms with Gasteiger partial charge in [0, 0.05) is 32.7 Å². The number of rotatable bonds is 5. The summed E-state index contributed by atoms with van der Waals surface area (Å²) in [4.78, 5) is 16.7. The molecule has 0 bridgehead atoms. The molecule has 1 aliphatic heterocycles. The predicted molar refractivity (Wildman–Crippen MR) is 115 cm³/mol. The molecule has 7 heteroatoms. The average molecular weight is 408 g/mol. The van der Waals surface area contributed by atoms with Crippen LogP contribution in [0.15, 0.2) is 66.7 Å². The van der Waals surface area contributed by atoms with E-state index in [1.54, 1.807) is 12.1 Å². The minimum atomic E-state index is -0.0261. The van der Waals surface area contributed by atoms with E-state index in [0.717, 1.165) is 11.6 Å². The van der Waals surface area contributed by atoms with Crippen molar-refractivity contribution >= 4 is 29.1 Å². The number of nitrogens with zero attached hydrogens (tertiary/aromatic N) is 4. The van der Waals surface area contributed by atoms with Gasteiger partial charge in [-0.1, -0.05) is 54.1 Å². The number of nitrogens with one attached hydrogen (secondary N) is 1. The lowest BCUT2D eigenvalue weighted by Crippen LogP contribution is -2.49. The molecule has 0 spiro atoms. The monoisotopic (exact) mass is 407 g/mol. The zero-order chi connectivity index (χ0) is 20.1. The van der Waals surface area contributed by atoms with Crippen LogP contribution < -0.4 is 10.2 Å². The zero-order valence-corrected chi connectivity index (χ0v) is 16.7. The molecular weight excluding hydrogens is 386 g/mol. The van der Waals surface area contributed by atoms with Crippen LogP contribution in [0.1, 0.15) is 15.9 Å². The number of aromatic nitrogens is 2. The molecule has 1 saturated heterocycles. The van der Waals surface area contributed by atoms with Crippen LogP contribution in [-0.2, 0) is 6.54 Å². The number of carbonyl (C=O) groups excluding carboxylic acids is 1. The first-order valence-corrected chi connectivity index (χ1v) is 9.99. The highest BCUT2D eigenvalue weighted by Gasteiger charge is 2.24. The molecule has 0 aliphatic carbocycles. The highest BCUT2D eigenvalue weighted by Crippen LogP contribution is 2.20. The Hall–Kier alpha value is -3.12. The van der Waals surface area contributed by atoms with Crippen LogP contribution in [0, 0.1) is 0 Å². The van der Waals surface area contributed by atoms with Crippen molar-refractivity contribution in [1.29, 1.82) is 0 Å². The number of halogens is 1. The van der Waals surface area contributed by atoms with Gasteiger partial charge >= 0.3 is 0 Å². The zero-order valence-electron chi connectivity index (χ0n) is 16.0. The fourth-order valence-electron chi connectivity index (χ4n) is 3.32. The van der Waals surface area contributed by atoms with Crippen molar-refractivity contribution < 1.29 is 4.79 Å². The lowest BCUT2D eigenvalue weighted by molar-refractivity contribution is 0.0746. The Morgan fingerprint density at radius 2 is 1.62 bits per heavy atom. The SMILES string of the molecule is O=C(c1ccccc1Cl)N1CCN(c2ccc(NCc3ccccc3)nn2)CC1. The number of hydrogen-bond acceptors (Lipinski definition) is 5. The lowest BCUT2D eigenvalue weighted by atomic mass is 10.2. The third kappa shape index (κ3) is 4.66. The van der Waals surface area contributed by atoms with Gasteiger partial charge in [0.1, 0.15) is 5.82 Å². The van der Waals surface area contributed by atoms with Crippen molar-refractivity contribution in [2.75, 3.05) is 36.4 Å². The summed E-state index contributed by atoms with van der Waals surface area (Å²) >= 11 is 6.16. The molecule has 1 N–H and O–H groups in total. The second-order valence-electron chi connectivity index (χ2n) is 6.88. The van der Waals surface area contributed by atoms with Crippen LogP contribution in [-0.4, -0.2) is 47.2 Å². The molecule has 1 aliphatic rings. The van der Waals surface area contributed by atoms with Crippen LogP contribution >= 0.6 is 11.6 Å². The molecule has 6 nitrogen and oxygen atoms in total. The summed E-state index contributed by atoms with van der Waals surface area (Å²) in [7, 11) is 0. The van der Waals surface area contributed by atoms with Crippen LogP contribution in [0.2, 0.25) is 5.02 Å². The molecule has 1 aromatic heterocycles. The molecule has 3 aromatic rings. The maximum Gasteiger partial charge on any atom is 0.255 e. The number of piperazine rings is 1. The molecule has 0 unspecified atom stereocenters. The van der Waals surface area contributed by atoms with Gasteiger partial charge in [0.2, 0.25) is 0 Å². The third-order valence-corrected chi connectivity index (χ3v) is 5.29. The van der Waals surface area contributed by atoms with E-state index in [2.05, 4.69) is 32.5 Å². The summed E-state index contributed by atoms with van der Waals surface area (Å²) in [5.41, 5.74) is 1.74. The first-order chi connectivity index (χ1) is 14.2. The molecular formula is C22H22ClN5O. The van der Waals surface area contributed by atoms with Crippen LogP contribution in [0.3, 0.4) is 0 Å². The van der Waals surface area contributed by atoms with E-state index in [1.807, 2.05) is 47.4 Å². The van der Waals surface area contributed by atoms with E-state index in [-0.39, 0.29) is 5.91 Å². The molecule has 1 amide bonds. The number of carbonyl (C=O) groups is 1.